The summed E-state index contributed by atoms with van der Waals surface area (Å²) in [5.41, 5.74) is 3.85. The van der Waals surface area contributed by atoms with Crippen molar-refractivity contribution in [3.05, 3.63) is 64.7 Å². The molecule has 2 aromatic rings. The molecule has 0 N–H and O–H groups in total. The summed E-state index contributed by atoms with van der Waals surface area (Å²) in [4.78, 5) is 12.4. The van der Waals surface area contributed by atoms with Crippen molar-refractivity contribution >= 4 is 5.78 Å². The van der Waals surface area contributed by atoms with Gasteiger partial charge in [-0.05, 0) is 30.2 Å². The molecular formula is C18H18O3. The molecule has 0 radical (unpaired) electrons. The van der Waals surface area contributed by atoms with Crippen molar-refractivity contribution in [3.8, 4) is 5.75 Å². The second kappa shape index (κ2) is 5.70. The van der Waals surface area contributed by atoms with Crippen LogP contribution in [0.5, 0.6) is 5.75 Å². The zero-order valence-electron chi connectivity index (χ0n) is 12.3. The third-order valence-corrected chi connectivity index (χ3v) is 3.78. The highest BCUT2D eigenvalue weighted by molar-refractivity contribution is 6.00. The van der Waals surface area contributed by atoms with Gasteiger partial charge < -0.3 is 9.47 Å². The van der Waals surface area contributed by atoms with Crippen LogP contribution in [0, 0.1) is 6.92 Å². The lowest BCUT2D eigenvalue weighted by molar-refractivity contribution is 0.0845. The average molecular weight is 282 g/mol. The Kier molecular flexibility index (Phi) is 3.76. The molecule has 21 heavy (non-hydrogen) atoms. The fourth-order valence-electron chi connectivity index (χ4n) is 2.75. The van der Waals surface area contributed by atoms with E-state index in [1.165, 1.54) is 0 Å². The van der Waals surface area contributed by atoms with Crippen LogP contribution in [-0.4, -0.2) is 12.9 Å². The van der Waals surface area contributed by atoms with Gasteiger partial charge in [0.15, 0.2) is 5.78 Å². The minimum Gasteiger partial charge on any atom is -0.484 e. The van der Waals surface area contributed by atoms with Gasteiger partial charge in [0, 0.05) is 7.11 Å². The lowest BCUT2D eigenvalue weighted by Crippen LogP contribution is -2.21. The van der Waals surface area contributed by atoms with Crippen molar-refractivity contribution in [2.75, 3.05) is 7.11 Å². The summed E-state index contributed by atoms with van der Waals surface area (Å²) in [5.74, 6) is 0.811. The minimum atomic E-state index is -0.237. The van der Waals surface area contributed by atoms with E-state index in [1.54, 1.807) is 7.11 Å². The molecule has 3 heteroatoms. The zero-order chi connectivity index (χ0) is 14.8. The molecule has 108 valence electrons. The molecule has 1 atom stereocenters. The van der Waals surface area contributed by atoms with Crippen molar-refractivity contribution in [1.29, 1.82) is 0 Å². The first-order valence-electron chi connectivity index (χ1n) is 7.06. The van der Waals surface area contributed by atoms with Crippen LogP contribution in [0.4, 0.5) is 0 Å². The second-order valence-electron chi connectivity index (χ2n) is 5.37. The third-order valence-electron chi connectivity index (χ3n) is 3.78. The lowest BCUT2D eigenvalue weighted by Gasteiger charge is -2.27. The van der Waals surface area contributed by atoms with Gasteiger partial charge in [-0.15, -0.1) is 0 Å². The predicted molar refractivity (Wildman–Crippen MR) is 80.7 cm³/mol. The number of ketones is 1. The van der Waals surface area contributed by atoms with E-state index < -0.39 is 0 Å². The zero-order valence-corrected chi connectivity index (χ0v) is 12.3. The Bertz CT molecular complexity index is 676. The van der Waals surface area contributed by atoms with Crippen molar-refractivity contribution in [1.82, 2.24) is 0 Å². The first kappa shape index (κ1) is 13.8. The second-order valence-corrected chi connectivity index (χ2v) is 5.37. The monoisotopic (exact) mass is 282 g/mol. The number of hydrogen-bond acceptors (Lipinski definition) is 3. The Morgan fingerprint density at radius 2 is 2.05 bits per heavy atom. The Labute approximate surface area is 124 Å². The average Bonchev–Trinajstić information content (AvgIpc) is 2.49. The van der Waals surface area contributed by atoms with Crippen LogP contribution in [0.25, 0.3) is 0 Å². The van der Waals surface area contributed by atoms with Crippen molar-refractivity contribution in [3.63, 3.8) is 0 Å². The van der Waals surface area contributed by atoms with Gasteiger partial charge in [0.2, 0.25) is 0 Å². The molecule has 0 spiro atoms. The van der Waals surface area contributed by atoms with Crippen molar-refractivity contribution < 1.29 is 14.3 Å². The van der Waals surface area contributed by atoms with E-state index in [-0.39, 0.29) is 11.9 Å². The van der Waals surface area contributed by atoms with E-state index in [0.29, 0.717) is 24.3 Å². The molecule has 0 bridgehead atoms. The molecule has 1 aliphatic heterocycles. The summed E-state index contributed by atoms with van der Waals surface area (Å²) < 4.78 is 11.3. The largest absolute Gasteiger partial charge is 0.484 e. The minimum absolute atomic E-state index is 0.136. The molecule has 0 fully saturated rings. The van der Waals surface area contributed by atoms with E-state index >= 15 is 0 Å². The molecular weight excluding hydrogens is 264 g/mol. The molecule has 1 heterocycles. The van der Waals surface area contributed by atoms with Crippen LogP contribution in [0.1, 0.15) is 39.6 Å². The molecule has 3 nitrogen and oxygen atoms in total. The highest BCUT2D eigenvalue weighted by Crippen LogP contribution is 2.36. The van der Waals surface area contributed by atoms with Crippen LogP contribution in [0.15, 0.2) is 42.5 Å². The van der Waals surface area contributed by atoms with Gasteiger partial charge in [-0.25, -0.2) is 0 Å². The standard InChI is InChI=1S/C18H18O3/c1-12-7-8-17-15(9-12)16(19)10-18(21-17)14-6-4-3-5-13(14)11-20-2/h3-9,18H,10-11H2,1-2H3. The maximum atomic E-state index is 12.4. The van der Waals surface area contributed by atoms with E-state index in [4.69, 9.17) is 9.47 Å². The van der Waals surface area contributed by atoms with Gasteiger partial charge in [0.05, 0.1) is 18.6 Å². The fourth-order valence-corrected chi connectivity index (χ4v) is 2.75. The maximum Gasteiger partial charge on any atom is 0.170 e. The Balaban J connectivity index is 1.96. The van der Waals surface area contributed by atoms with E-state index in [0.717, 1.165) is 16.7 Å². The normalized spacial score (nSPS) is 17.2. The Morgan fingerprint density at radius 1 is 1.24 bits per heavy atom. The smallest absolute Gasteiger partial charge is 0.170 e. The first-order valence-corrected chi connectivity index (χ1v) is 7.06. The van der Waals surface area contributed by atoms with E-state index in [2.05, 4.69) is 0 Å². The van der Waals surface area contributed by atoms with Crippen LogP contribution >= 0.6 is 0 Å². The molecule has 0 saturated heterocycles. The molecule has 0 aliphatic carbocycles. The number of benzene rings is 2. The summed E-state index contributed by atoms with van der Waals surface area (Å²) in [7, 11) is 1.67. The summed E-state index contributed by atoms with van der Waals surface area (Å²) >= 11 is 0. The highest BCUT2D eigenvalue weighted by Gasteiger charge is 2.28. The Hall–Kier alpha value is -2.13. The summed E-state index contributed by atoms with van der Waals surface area (Å²) in [5, 5.41) is 0. The Morgan fingerprint density at radius 3 is 2.86 bits per heavy atom. The van der Waals surface area contributed by atoms with Gasteiger partial charge in [0.25, 0.3) is 0 Å². The first-order chi connectivity index (χ1) is 10.2. The predicted octanol–water partition coefficient (Wildman–Crippen LogP) is 3.85. The molecule has 1 unspecified atom stereocenters. The van der Waals surface area contributed by atoms with Crippen molar-refractivity contribution in [2.45, 2.75) is 26.1 Å². The SMILES string of the molecule is COCc1ccccc1C1CC(=O)c2cc(C)ccc2O1. The number of aryl methyl sites for hydroxylation is 1. The number of rotatable bonds is 3. The molecule has 3 rings (SSSR count). The maximum absolute atomic E-state index is 12.4. The van der Waals surface area contributed by atoms with E-state index in [1.807, 2.05) is 49.4 Å². The van der Waals surface area contributed by atoms with Crippen LogP contribution in [0.3, 0.4) is 0 Å². The number of fused-ring (bicyclic) bond motifs is 1. The quantitative estimate of drug-likeness (QED) is 0.857. The number of Topliss-reactive ketones (excluding diaryl/α,β-unsaturated/α-hetero) is 1. The number of hydrogen-bond donors (Lipinski definition) is 0. The van der Waals surface area contributed by atoms with Gasteiger partial charge in [0.1, 0.15) is 11.9 Å². The molecule has 0 saturated carbocycles. The number of carbonyl (C=O) groups is 1. The lowest BCUT2D eigenvalue weighted by atomic mass is 9.93. The van der Waals surface area contributed by atoms with Crippen LogP contribution in [-0.2, 0) is 11.3 Å². The third kappa shape index (κ3) is 2.69. The molecule has 2 aromatic carbocycles. The van der Waals surface area contributed by atoms with Gasteiger partial charge >= 0.3 is 0 Å². The van der Waals surface area contributed by atoms with Gasteiger partial charge in [-0.1, -0.05) is 35.9 Å². The number of ether oxygens (including phenoxy) is 2. The summed E-state index contributed by atoms with van der Waals surface area (Å²) in [6.45, 7) is 2.50. The molecule has 0 amide bonds. The van der Waals surface area contributed by atoms with Crippen LogP contribution in [0.2, 0.25) is 0 Å². The topological polar surface area (TPSA) is 35.5 Å². The van der Waals surface area contributed by atoms with Gasteiger partial charge in [-0.3, -0.25) is 4.79 Å². The van der Waals surface area contributed by atoms with E-state index in [9.17, 15) is 4.79 Å². The van der Waals surface area contributed by atoms with Crippen LogP contribution < -0.4 is 4.74 Å². The van der Waals surface area contributed by atoms with Crippen molar-refractivity contribution in [2.24, 2.45) is 0 Å². The number of methoxy groups -OCH3 is 1. The fraction of sp³-hybridized carbons (Fsp3) is 0.278. The molecule has 0 aromatic heterocycles. The highest BCUT2D eigenvalue weighted by atomic mass is 16.5. The molecule has 1 aliphatic rings. The van der Waals surface area contributed by atoms with Gasteiger partial charge in [-0.2, -0.15) is 0 Å². The number of carbonyl (C=O) groups excluding carboxylic acids is 1. The summed E-state index contributed by atoms with van der Waals surface area (Å²) in [6, 6.07) is 13.7. The summed E-state index contributed by atoms with van der Waals surface area (Å²) in [6.07, 6.45) is 0.135.